The summed E-state index contributed by atoms with van der Waals surface area (Å²) in [4.78, 5) is 10.2. The van der Waals surface area contributed by atoms with Crippen molar-refractivity contribution in [3.05, 3.63) is 0 Å². The van der Waals surface area contributed by atoms with E-state index in [1.54, 1.807) is 6.92 Å². The van der Waals surface area contributed by atoms with Crippen LogP contribution < -0.4 is 10.5 Å². The van der Waals surface area contributed by atoms with Gasteiger partial charge in [-0.15, -0.1) is 17.0 Å². The molecule has 0 aliphatic heterocycles. The Hall–Kier alpha value is 0.260. The molecule has 0 radical (unpaired) electrons. The van der Waals surface area contributed by atoms with Crippen molar-refractivity contribution in [1.29, 1.82) is 0 Å². The lowest BCUT2D eigenvalue weighted by Crippen LogP contribution is -2.27. The number of carbonyl (C=O) groups is 1. The molecule has 9 heavy (non-hydrogen) atoms. The van der Waals surface area contributed by atoms with Crippen LogP contribution in [0.15, 0.2) is 0 Å². The maximum atomic E-state index is 10.2. The number of hydrogen-bond acceptors (Lipinski definition) is 3. The van der Waals surface area contributed by atoms with Crippen molar-refractivity contribution < 1.29 is 4.79 Å². The van der Waals surface area contributed by atoms with Crippen LogP contribution in [0.3, 0.4) is 0 Å². The van der Waals surface area contributed by atoms with Crippen molar-refractivity contribution in [2.75, 3.05) is 6.54 Å². The highest BCUT2D eigenvalue weighted by atomic mass is 79.9. The van der Waals surface area contributed by atoms with Gasteiger partial charge in [0.15, 0.2) is 0 Å². The number of nitrogens with one attached hydrogen (secondary N) is 1. The highest BCUT2D eigenvalue weighted by Gasteiger charge is 2.04. The Morgan fingerprint density at radius 2 is 2.33 bits per heavy atom. The SMILES string of the molecule is Br.CC(CNS)C(N)=O. The molecule has 3 N–H and O–H groups in total. The van der Waals surface area contributed by atoms with Gasteiger partial charge >= 0.3 is 0 Å². The molecule has 5 heteroatoms. The van der Waals surface area contributed by atoms with E-state index in [1.807, 2.05) is 0 Å². The van der Waals surface area contributed by atoms with Crippen molar-refractivity contribution >= 4 is 35.7 Å². The van der Waals surface area contributed by atoms with Gasteiger partial charge in [0.05, 0.1) is 0 Å². The third-order valence-corrected chi connectivity index (χ3v) is 1.07. The molecule has 0 aromatic heterocycles. The third kappa shape index (κ3) is 6.14. The van der Waals surface area contributed by atoms with E-state index in [0.29, 0.717) is 6.54 Å². The number of halogens is 1. The second-order valence-corrected chi connectivity index (χ2v) is 1.98. The van der Waals surface area contributed by atoms with E-state index < -0.39 is 0 Å². The Labute approximate surface area is 70.7 Å². The first-order chi connectivity index (χ1) is 3.68. The van der Waals surface area contributed by atoms with Crippen molar-refractivity contribution in [2.24, 2.45) is 11.7 Å². The van der Waals surface area contributed by atoms with Crippen LogP contribution in [-0.2, 0) is 4.79 Å². The fourth-order valence-electron chi connectivity index (χ4n) is 0.238. The van der Waals surface area contributed by atoms with Gasteiger partial charge < -0.3 is 5.73 Å². The lowest BCUT2D eigenvalue weighted by atomic mass is 10.2. The van der Waals surface area contributed by atoms with Gasteiger partial charge in [0.25, 0.3) is 0 Å². The molecule has 1 amide bonds. The van der Waals surface area contributed by atoms with E-state index in [0.717, 1.165) is 0 Å². The summed E-state index contributed by atoms with van der Waals surface area (Å²) in [7, 11) is 0. The molecule has 0 rings (SSSR count). The van der Waals surface area contributed by atoms with E-state index in [9.17, 15) is 4.79 Å². The molecular formula is C4H11BrN2OS. The molecule has 0 aromatic rings. The molecule has 0 spiro atoms. The molecule has 0 saturated carbocycles. The van der Waals surface area contributed by atoms with E-state index in [2.05, 4.69) is 17.5 Å². The molecule has 0 aliphatic carbocycles. The zero-order chi connectivity index (χ0) is 6.57. The van der Waals surface area contributed by atoms with Crippen LogP contribution in [0.4, 0.5) is 0 Å². The number of thiol groups is 1. The first kappa shape index (κ1) is 12.0. The lowest BCUT2D eigenvalue weighted by Gasteiger charge is -2.02. The van der Waals surface area contributed by atoms with Crippen LogP contribution in [0.1, 0.15) is 6.92 Å². The van der Waals surface area contributed by atoms with Crippen molar-refractivity contribution in [2.45, 2.75) is 6.92 Å². The van der Waals surface area contributed by atoms with E-state index in [-0.39, 0.29) is 28.8 Å². The quantitative estimate of drug-likeness (QED) is 0.586. The van der Waals surface area contributed by atoms with Gasteiger partial charge in [-0.05, 0) is 0 Å². The van der Waals surface area contributed by atoms with E-state index in [4.69, 9.17) is 5.73 Å². The summed E-state index contributed by atoms with van der Waals surface area (Å²) in [5.41, 5.74) is 4.91. The molecular weight excluding hydrogens is 204 g/mol. The summed E-state index contributed by atoms with van der Waals surface area (Å²) in [6.07, 6.45) is 0. The zero-order valence-corrected chi connectivity index (χ0v) is 7.73. The first-order valence-corrected chi connectivity index (χ1v) is 2.79. The van der Waals surface area contributed by atoms with Gasteiger partial charge in [-0.2, -0.15) is 0 Å². The minimum atomic E-state index is -0.299. The van der Waals surface area contributed by atoms with Gasteiger partial charge in [0.2, 0.25) is 5.91 Å². The molecule has 0 fully saturated rings. The molecule has 0 aromatic carbocycles. The van der Waals surface area contributed by atoms with Crippen LogP contribution in [0.25, 0.3) is 0 Å². The minimum Gasteiger partial charge on any atom is -0.369 e. The maximum Gasteiger partial charge on any atom is 0.221 e. The van der Waals surface area contributed by atoms with Crippen molar-refractivity contribution in [3.63, 3.8) is 0 Å². The first-order valence-electron chi connectivity index (χ1n) is 2.34. The Morgan fingerprint density at radius 1 is 1.89 bits per heavy atom. The summed E-state index contributed by atoms with van der Waals surface area (Å²) in [6, 6.07) is 0. The highest BCUT2D eigenvalue weighted by Crippen LogP contribution is 1.88. The molecule has 1 atom stereocenters. The number of amides is 1. The fraction of sp³-hybridized carbons (Fsp3) is 0.750. The van der Waals surface area contributed by atoms with E-state index >= 15 is 0 Å². The Morgan fingerprint density at radius 3 is 2.44 bits per heavy atom. The molecule has 0 aliphatic rings. The number of hydrogen-bond donors (Lipinski definition) is 3. The zero-order valence-electron chi connectivity index (χ0n) is 5.13. The third-order valence-electron chi connectivity index (χ3n) is 0.883. The van der Waals surface area contributed by atoms with Gasteiger partial charge in [0.1, 0.15) is 0 Å². The predicted molar refractivity (Wildman–Crippen MR) is 45.7 cm³/mol. The van der Waals surface area contributed by atoms with Crippen LogP contribution in [0.5, 0.6) is 0 Å². The molecule has 3 nitrogen and oxygen atoms in total. The summed E-state index contributed by atoms with van der Waals surface area (Å²) in [5, 5.41) is 0. The largest absolute Gasteiger partial charge is 0.369 e. The predicted octanol–water partition coefficient (Wildman–Crippen LogP) is 0.120. The van der Waals surface area contributed by atoms with E-state index in [1.165, 1.54) is 0 Å². The fourth-order valence-corrected chi connectivity index (χ4v) is 0.511. The molecule has 0 heterocycles. The van der Waals surface area contributed by atoms with Gasteiger partial charge in [-0.3, -0.25) is 9.52 Å². The second kappa shape index (κ2) is 6.38. The number of rotatable bonds is 3. The number of carbonyl (C=O) groups excluding carboxylic acids is 1. The van der Waals surface area contributed by atoms with Crippen LogP contribution in [0.2, 0.25) is 0 Å². The number of nitrogens with two attached hydrogens (primary N) is 1. The topological polar surface area (TPSA) is 55.1 Å². The standard InChI is InChI=1S/C4H10N2OS.BrH/c1-3(2-6-8)4(5)7;/h3,6,8H,2H2,1H3,(H2,5,7);1H. The Balaban J connectivity index is 0. The monoisotopic (exact) mass is 214 g/mol. The molecule has 0 saturated heterocycles. The van der Waals surface area contributed by atoms with Crippen LogP contribution >= 0.6 is 29.8 Å². The molecule has 1 unspecified atom stereocenters. The second-order valence-electron chi connectivity index (χ2n) is 1.67. The summed E-state index contributed by atoms with van der Waals surface area (Å²) in [6.45, 7) is 2.27. The number of primary amides is 1. The lowest BCUT2D eigenvalue weighted by molar-refractivity contribution is -0.121. The summed E-state index contributed by atoms with van der Waals surface area (Å²) in [5.74, 6) is -0.431. The van der Waals surface area contributed by atoms with Crippen LogP contribution in [-0.4, -0.2) is 12.5 Å². The van der Waals surface area contributed by atoms with Gasteiger partial charge in [-0.25, -0.2) is 0 Å². The Bertz CT molecular complexity index is 90.6. The average molecular weight is 215 g/mol. The molecule has 0 bridgehead atoms. The minimum absolute atomic E-state index is 0. The Kier molecular flexibility index (Phi) is 8.50. The molecule has 56 valence electrons. The summed E-state index contributed by atoms with van der Waals surface area (Å²) < 4.78 is 2.54. The van der Waals surface area contributed by atoms with Gasteiger partial charge in [0, 0.05) is 12.5 Å². The van der Waals surface area contributed by atoms with Crippen molar-refractivity contribution in [3.8, 4) is 0 Å². The summed E-state index contributed by atoms with van der Waals surface area (Å²) >= 11 is 3.70. The average Bonchev–Trinajstić information content (AvgIpc) is 1.67. The smallest absolute Gasteiger partial charge is 0.221 e. The van der Waals surface area contributed by atoms with Gasteiger partial charge in [-0.1, -0.05) is 19.7 Å². The highest BCUT2D eigenvalue weighted by molar-refractivity contribution is 8.93. The van der Waals surface area contributed by atoms with Crippen molar-refractivity contribution in [1.82, 2.24) is 4.72 Å². The van der Waals surface area contributed by atoms with Crippen LogP contribution in [0, 0.1) is 5.92 Å². The normalized spacial score (nSPS) is 11.8. The maximum absolute atomic E-state index is 10.2.